The van der Waals surface area contributed by atoms with Gasteiger partial charge < -0.3 is 15.5 Å². The number of carbonyl (C=O) groups excluding carboxylic acids is 1. The molecule has 1 saturated heterocycles. The predicted molar refractivity (Wildman–Crippen MR) is 69.0 cm³/mol. The minimum Gasteiger partial charge on any atom is -0.338 e. The van der Waals surface area contributed by atoms with Gasteiger partial charge in [0.2, 0.25) is 0 Å². The van der Waals surface area contributed by atoms with E-state index in [-0.39, 0.29) is 6.03 Å². The van der Waals surface area contributed by atoms with Gasteiger partial charge in [0.05, 0.1) is 0 Å². The molecule has 2 aliphatic heterocycles. The molecule has 2 rings (SSSR count). The summed E-state index contributed by atoms with van der Waals surface area (Å²) in [6, 6.07) is 0.124. The third-order valence-electron chi connectivity index (χ3n) is 3.52. The summed E-state index contributed by atoms with van der Waals surface area (Å²) in [7, 11) is 0. The molecule has 0 spiro atoms. The minimum atomic E-state index is 0.124. The van der Waals surface area contributed by atoms with E-state index in [9.17, 15) is 4.79 Å². The van der Waals surface area contributed by atoms with E-state index in [0.29, 0.717) is 0 Å². The first kappa shape index (κ1) is 12.4. The lowest BCUT2D eigenvalue weighted by atomic mass is 10.1. The quantitative estimate of drug-likeness (QED) is 0.730. The van der Waals surface area contributed by atoms with Crippen molar-refractivity contribution in [1.82, 2.24) is 15.5 Å². The highest BCUT2D eigenvalue weighted by atomic mass is 16.2. The normalized spacial score (nSPS) is 20.9. The van der Waals surface area contributed by atoms with Crippen LogP contribution in [-0.4, -0.2) is 43.7 Å². The van der Waals surface area contributed by atoms with Gasteiger partial charge >= 0.3 is 6.03 Å². The lowest BCUT2D eigenvalue weighted by Gasteiger charge is -2.27. The number of urea groups is 1. The fraction of sp³-hybridized carbons (Fsp3) is 0.769. The molecule has 0 aliphatic carbocycles. The van der Waals surface area contributed by atoms with Crippen LogP contribution in [0.4, 0.5) is 4.79 Å². The van der Waals surface area contributed by atoms with Crippen molar-refractivity contribution in [2.45, 2.75) is 32.1 Å². The highest BCUT2D eigenvalue weighted by Crippen LogP contribution is 2.10. The van der Waals surface area contributed by atoms with Gasteiger partial charge in [-0.1, -0.05) is 11.6 Å². The maximum atomic E-state index is 11.8. The first-order valence-corrected chi connectivity index (χ1v) is 6.77. The van der Waals surface area contributed by atoms with Gasteiger partial charge in [-0.3, -0.25) is 0 Å². The van der Waals surface area contributed by atoms with Crippen LogP contribution in [0.3, 0.4) is 0 Å². The fourth-order valence-electron chi connectivity index (χ4n) is 2.44. The van der Waals surface area contributed by atoms with Crippen LogP contribution in [0, 0.1) is 0 Å². The van der Waals surface area contributed by atoms with Crippen LogP contribution in [-0.2, 0) is 0 Å². The number of nitrogens with zero attached hydrogens (tertiary/aromatic N) is 1. The molecule has 0 bridgehead atoms. The van der Waals surface area contributed by atoms with Crippen molar-refractivity contribution in [2.75, 3.05) is 32.7 Å². The van der Waals surface area contributed by atoms with E-state index in [1.807, 2.05) is 4.90 Å². The predicted octanol–water partition coefficient (Wildman–Crippen LogP) is 1.49. The molecule has 4 heteroatoms. The Morgan fingerprint density at radius 1 is 1.35 bits per heavy atom. The molecule has 0 aromatic carbocycles. The van der Waals surface area contributed by atoms with E-state index in [2.05, 4.69) is 16.7 Å². The number of rotatable bonds is 3. The standard InChI is InChI=1S/C13H23N3O/c17-13(16-10-2-1-3-11-16)15-9-6-12-4-7-14-8-5-12/h4,14H,1-3,5-11H2,(H,15,17). The van der Waals surface area contributed by atoms with Crippen molar-refractivity contribution in [3.05, 3.63) is 11.6 Å². The molecule has 17 heavy (non-hydrogen) atoms. The van der Waals surface area contributed by atoms with Crippen LogP contribution in [0.1, 0.15) is 32.1 Å². The average Bonchev–Trinajstić information content (AvgIpc) is 2.41. The second-order valence-electron chi connectivity index (χ2n) is 4.85. The zero-order chi connectivity index (χ0) is 11.9. The molecule has 2 aliphatic rings. The van der Waals surface area contributed by atoms with Crippen LogP contribution in [0.25, 0.3) is 0 Å². The molecule has 0 aromatic heterocycles. The molecule has 0 saturated carbocycles. The Bertz CT molecular complexity index is 282. The SMILES string of the molecule is O=C(NCCC1=CCNCC1)N1CCCCC1. The van der Waals surface area contributed by atoms with E-state index >= 15 is 0 Å². The number of piperidine rings is 1. The number of hydrogen-bond acceptors (Lipinski definition) is 2. The number of amides is 2. The Hall–Kier alpha value is -1.03. The molecule has 96 valence electrons. The fourth-order valence-corrected chi connectivity index (χ4v) is 2.44. The summed E-state index contributed by atoms with van der Waals surface area (Å²) >= 11 is 0. The van der Waals surface area contributed by atoms with Gasteiger partial charge in [-0.2, -0.15) is 0 Å². The second kappa shape index (κ2) is 6.64. The first-order valence-electron chi connectivity index (χ1n) is 6.77. The Kier molecular flexibility index (Phi) is 4.86. The molecule has 0 aromatic rings. The summed E-state index contributed by atoms with van der Waals surface area (Å²) in [5, 5.41) is 6.32. The van der Waals surface area contributed by atoms with Crippen LogP contribution in [0.15, 0.2) is 11.6 Å². The maximum absolute atomic E-state index is 11.8. The second-order valence-corrected chi connectivity index (χ2v) is 4.85. The summed E-state index contributed by atoms with van der Waals surface area (Å²) in [4.78, 5) is 13.8. The van der Waals surface area contributed by atoms with Gasteiger partial charge in [0.25, 0.3) is 0 Å². The number of nitrogens with one attached hydrogen (secondary N) is 2. The Morgan fingerprint density at radius 2 is 2.18 bits per heavy atom. The number of carbonyl (C=O) groups is 1. The van der Waals surface area contributed by atoms with Gasteiger partial charge in [0.1, 0.15) is 0 Å². The van der Waals surface area contributed by atoms with E-state index < -0.39 is 0 Å². The molecule has 2 amide bonds. The molecule has 1 fully saturated rings. The van der Waals surface area contributed by atoms with Gasteiger partial charge in [-0.25, -0.2) is 4.79 Å². The topological polar surface area (TPSA) is 44.4 Å². The zero-order valence-corrected chi connectivity index (χ0v) is 10.5. The van der Waals surface area contributed by atoms with Crippen molar-refractivity contribution in [3.8, 4) is 0 Å². The highest BCUT2D eigenvalue weighted by molar-refractivity contribution is 5.74. The minimum absolute atomic E-state index is 0.124. The van der Waals surface area contributed by atoms with Crippen LogP contribution in [0.5, 0.6) is 0 Å². The monoisotopic (exact) mass is 237 g/mol. The summed E-state index contributed by atoms with van der Waals surface area (Å²) < 4.78 is 0. The summed E-state index contributed by atoms with van der Waals surface area (Å²) in [5.41, 5.74) is 1.47. The molecule has 2 N–H and O–H groups in total. The van der Waals surface area contributed by atoms with Crippen LogP contribution in [0.2, 0.25) is 0 Å². The van der Waals surface area contributed by atoms with Crippen molar-refractivity contribution >= 4 is 6.03 Å². The third-order valence-corrected chi connectivity index (χ3v) is 3.52. The van der Waals surface area contributed by atoms with Crippen molar-refractivity contribution in [3.63, 3.8) is 0 Å². The maximum Gasteiger partial charge on any atom is 0.317 e. The van der Waals surface area contributed by atoms with Crippen molar-refractivity contribution < 1.29 is 4.79 Å². The Labute approximate surface area is 103 Å². The van der Waals surface area contributed by atoms with Gasteiger partial charge in [0, 0.05) is 26.2 Å². The molecular weight excluding hydrogens is 214 g/mol. The summed E-state index contributed by atoms with van der Waals surface area (Å²) in [6.45, 7) is 4.69. The van der Waals surface area contributed by atoms with E-state index in [1.165, 1.54) is 12.0 Å². The summed E-state index contributed by atoms with van der Waals surface area (Å²) in [5.74, 6) is 0. The van der Waals surface area contributed by atoms with E-state index in [0.717, 1.165) is 58.4 Å². The van der Waals surface area contributed by atoms with Gasteiger partial charge in [-0.15, -0.1) is 0 Å². The lowest BCUT2D eigenvalue weighted by molar-refractivity contribution is 0.186. The molecule has 0 atom stereocenters. The van der Waals surface area contributed by atoms with Gasteiger partial charge in [0.15, 0.2) is 0 Å². The first-order chi connectivity index (χ1) is 8.36. The van der Waals surface area contributed by atoms with Crippen molar-refractivity contribution in [1.29, 1.82) is 0 Å². The van der Waals surface area contributed by atoms with E-state index in [1.54, 1.807) is 0 Å². The highest BCUT2D eigenvalue weighted by Gasteiger charge is 2.15. The average molecular weight is 237 g/mol. The Morgan fingerprint density at radius 3 is 2.88 bits per heavy atom. The molecule has 4 nitrogen and oxygen atoms in total. The molecular formula is C13H23N3O. The molecule has 0 unspecified atom stereocenters. The number of likely N-dealkylation sites (tertiary alicyclic amines) is 1. The van der Waals surface area contributed by atoms with Crippen molar-refractivity contribution in [2.24, 2.45) is 0 Å². The third kappa shape index (κ3) is 4.04. The van der Waals surface area contributed by atoms with Gasteiger partial charge in [-0.05, 0) is 38.6 Å². The largest absolute Gasteiger partial charge is 0.338 e. The van der Waals surface area contributed by atoms with Crippen LogP contribution >= 0.6 is 0 Å². The smallest absolute Gasteiger partial charge is 0.317 e. The van der Waals surface area contributed by atoms with E-state index in [4.69, 9.17) is 0 Å². The molecule has 2 heterocycles. The Balaban J connectivity index is 1.63. The zero-order valence-electron chi connectivity index (χ0n) is 10.5. The number of hydrogen-bond donors (Lipinski definition) is 2. The molecule has 0 radical (unpaired) electrons. The van der Waals surface area contributed by atoms with Crippen LogP contribution < -0.4 is 10.6 Å². The summed E-state index contributed by atoms with van der Waals surface area (Å²) in [6.07, 6.45) is 7.95. The lowest BCUT2D eigenvalue weighted by Crippen LogP contribution is -2.43.